The summed E-state index contributed by atoms with van der Waals surface area (Å²) in [6.07, 6.45) is 5.59. The van der Waals surface area contributed by atoms with Gasteiger partial charge >= 0.3 is 0 Å². The summed E-state index contributed by atoms with van der Waals surface area (Å²) in [5, 5.41) is 6.39. The minimum absolute atomic E-state index is 0.199. The molecule has 0 radical (unpaired) electrons. The lowest BCUT2D eigenvalue weighted by Gasteiger charge is -2.34. The first-order valence-corrected chi connectivity index (χ1v) is 5.14. The highest BCUT2D eigenvalue weighted by Crippen LogP contribution is 2.18. The molecular formula is C10H20N2O. The monoisotopic (exact) mass is 184 g/mol. The fraction of sp³-hybridized carbons (Fsp3) is 0.900. The molecule has 0 aromatic heterocycles. The lowest BCUT2D eigenvalue weighted by atomic mass is 10.1. The second kappa shape index (κ2) is 5.22. The number of hydrazone groups is 1. The van der Waals surface area contributed by atoms with Crippen LogP contribution in [0.3, 0.4) is 0 Å². The van der Waals surface area contributed by atoms with Gasteiger partial charge in [-0.05, 0) is 40.0 Å². The number of hydrogen-bond acceptors (Lipinski definition) is 3. The summed E-state index contributed by atoms with van der Waals surface area (Å²) in [6, 6.07) is 0.416. The first-order valence-electron chi connectivity index (χ1n) is 5.14. The molecule has 1 unspecified atom stereocenters. The third kappa shape index (κ3) is 2.99. The zero-order valence-electron chi connectivity index (χ0n) is 8.86. The molecule has 0 bridgehead atoms. The third-order valence-corrected chi connectivity index (χ3v) is 2.23. The van der Waals surface area contributed by atoms with Crippen LogP contribution in [0, 0.1) is 0 Å². The average molecular weight is 184 g/mol. The Morgan fingerprint density at radius 1 is 1.46 bits per heavy atom. The van der Waals surface area contributed by atoms with Crippen LogP contribution in [-0.2, 0) is 4.74 Å². The molecule has 3 nitrogen and oxygen atoms in total. The van der Waals surface area contributed by atoms with Crippen molar-refractivity contribution in [1.82, 2.24) is 5.01 Å². The van der Waals surface area contributed by atoms with Gasteiger partial charge < -0.3 is 4.74 Å². The van der Waals surface area contributed by atoms with Crippen molar-refractivity contribution in [3.05, 3.63) is 0 Å². The van der Waals surface area contributed by atoms with Gasteiger partial charge in [-0.2, -0.15) is 5.10 Å². The topological polar surface area (TPSA) is 24.8 Å². The minimum Gasteiger partial charge on any atom is -0.357 e. The molecule has 0 aromatic rings. The number of rotatable bonds is 3. The van der Waals surface area contributed by atoms with Gasteiger partial charge in [-0.3, -0.25) is 5.01 Å². The molecule has 0 aromatic carbocycles. The van der Waals surface area contributed by atoms with Gasteiger partial charge in [-0.15, -0.1) is 0 Å². The van der Waals surface area contributed by atoms with Gasteiger partial charge in [-0.1, -0.05) is 0 Å². The second-order valence-electron chi connectivity index (χ2n) is 3.67. The molecule has 0 spiro atoms. The summed E-state index contributed by atoms with van der Waals surface area (Å²) in [7, 11) is 0. The summed E-state index contributed by atoms with van der Waals surface area (Å²) in [6.45, 7) is 7.11. The van der Waals surface area contributed by atoms with Crippen LogP contribution in [0.15, 0.2) is 5.10 Å². The Morgan fingerprint density at radius 3 is 2.69 bits per heavy atom. The van der Waals surface area contributed by atoms with E-state index in [2.05, 4.69) is 24.0 Å². The van der Waals surface area contributed by atoms with E-state index in [1.807, 2.05) is 13.1 Å². The van der Waals surface area contributed by atoms with Crippen molar-refractivity contribution in [2.45, 2.75) is 52.3 Å². The van der Waals surface area contributed by atoms with Crippen LogP contribution < -0.4 is 0 Å². The Morgan fingerprint density at radius 2 is 2.23 bits per heavy atom. The summed E-state index contributed by atoms with van der Waals surface area (Å²) in [5.41, 5.74) is 0. The first-order chi connectivity index (χ1) is 6.25. The van der Waals surface area contributed by atoms with E-state index in [-0.39, 0.29) is 6.23 Å². The first kappa shape index (κ1) is 10.5. The normalized spacial score (nSPS) is 24.2. The molecule has 1 rings (SSSR count). The smallest absolute Gasteiger partial charge is 0.146 e. The van der Waals surface area contributed by atoms with Gasteiger partial charge in [-0.25, -0.2) is 0 Å². The van der Waals surface area contributed by atoms with Crippen LogP contribution in [-0.4, -0.2) is 30.1 Å². The van der Waals surface area contributed by atoms with Crippen molar-refractivity contribution >= 4 is 6.21 Å². The SMILES string of the molecule is C/C=N\N(C(C)C)C1CCCCO1. The Labute approximate surface area is 80.8 Å². The molecule has 1 aliphatic heterocycles. The van der Waals surface area contributed by atoms with E-state index in [1.54, 1.807) is 0 Å². The molecule has 13 heavy (non-hydrogen) atoms. The van der Waals surface area contributed by atoms with E-state index in [0.717, 1.165) is 13.0 Å². The average Bonchev–Trinajstić information content (AvgIpc) is 2.15. The Hall–Kier alpha value is -0.570. The Balaban J connectivity index is 2.51. The van der Waals surface area contributed by atoms with Crippen LogP contribution in [0.2, 0.25) is 0 Å². The molecule has 1 aliphatic rings. The lowest BCUT2D eigenvalue weighted by molar-refractivity contribution is -0.0971. The van der Waals surface area contributed by atoms with Crippen LogP contribution >= 0.6 is 0 Å². The highest BCUT2D eigenvalue weighted by atomic mass is 16.5. The van der Waals surface area contributed by atoms with E-state index in [4.69, 9.17) is 4.74 Å². The largest absolute Gasteiger partial charge is 0.357 e. The van der Waals surface area contributed by atoms with Crippen molar-refractivity contribution in [3.8, 4) is 0 Å². The van der Waals surface area contributed by atoms with Crippen molar-refractivity contribution in [2.75, 3.05) is 6.61 Å². The predicted octanol–water partition coefficient (Wildman–Crippen LogP) is 2.23. The molecule has 1 saturated heterocycles. The van der Waals surface area contributed by atoms with E-state index in [9.17, 15) is 0 Å². The van der Waals surface area contributed by atoms with Gasteiger partial charge in [0.15, 0.2) is 0 Å². The van der Waals surface area contributed by atoms with Gasteiger partial charge in [0.1, 0.15) is 6.23 Å². The Kier molecular flexibility index (Phi) is 4.22. The fourth-order valence-corrected chi connectivity index (χ4v) is 1.61. The maximum absolute atomic E-state index is 5.67. The van der Waals surface area contributed by atoms with Crippen molar-refractivity contribution in [2.24, 2.45) is 5.10 Å². The predicted molar refractivity (Wildman–Crippen MR) is 54.7 cm³/mol. The lowest BCUT2D eigenvalue weighted by Crippen LogP contribution is -2.40. The van der Waals surface area contributed by atoms with Gasteiger partial charge in [0, 0.05) is 18.9 Å². The highest BCUT2D eigenvalue weighted by Gasteiger charge is 2.21. The van der Waals surface area contributed by atoms with Crippen molar-refractivity contribution in [3.63, 3.8) is 0 Å². The summed E-state index contributed by atoms with van der Waals surface area (Å²) >= 11 is 0. The van der Waals surface area contributed by atoms with E-state index in [1.165, 1.54) is 12.8 Å². The molecule has 3 heteroatoms. The number of nitrogens with zero attached hydrogens (tertiary/aromatic N) is 2. The van der Waals surface area contributed by atoms with Gasteiger partial charge in [0.25, 0.3) is 0 Å². The molecule has 0 amide bonds. The Bertz CT molecular complexity index is 162. The van der Waals surface area contributed by atoms with Crippen molar-refractivity contribution in [1.29, 1.82) is 0 Å². The molecule has 0 saturated carbocycles. The molecular weight excluding hydrogens is 164 g/mol. The van der Waals surface area contributed by atoms with Gasteiger partial charge in [0.2, 0.25) is 0 Å². The quantitative estimate of drug-likeness (QED) is 0.496. The zero-order valence-corrected chi connectivity index (χ0v) is 8.86. The van der Waals surface area contributed by atoms with Crippen LogP contribution in [0.1, 0.15) is 40.0 Å². The van der Waals surface area contributed by atoms with E-state index >= 15 is 0 Å². The maximum Gasteiger partial charge on any atom is 0.146 e. The molecule has 0 N–H and O–H groups in total. The van der Waals surface area contributed by atoms with Crippen LogP contribution in [0.25, 0.3) is 0 Å². The van der Waals surface area contributed by atoms with Crippen LogP contribution in [0.5, 0.6) is 0 Å². The number of hydrogen-bond donors (Lipinski definition) is 0. The molecule has 1 atom stereocenters. The minimum atomic E-state index is 0.199. The third-order valence-electron chi connectivity index (χ3n) is 2.23. The standard InChI is InChI=1S/C10H20N2O/c1-4-11-12(9(2)3)10-7-5-6-8-13-10/h4,9-10H,5-8H2,1-3H3/b11-4-. The summed E-state index contributed by atoms with van der Waals surface area (Å²) in [4.78, 5) is 0. The molecule has 1 heterocycles. The summed E-state index contributed by atoms with van der Waals surface area (Å²) < 4.78 is 5.67. The van der Waals surface area contributed by atoms with E-state index in [0.29, 0.717) is 6.04 Å². The summed E-state index contributed by atoms with van der Waals surface area (Å²) in [5.74, 6) is 0. The fourth-order valence-electron chi connectivity index (χ4n) is 1.61. The van der Waals surface area contributed by atoms with E-state index < -0.39 is 0 Å². The van der Waals surface area contributed by atoms with Gasteiger partial charge in [0.05, 0.1) is 0 Å². The van der Waals surface area contributed by atoms with Crippen LogP contribution in [0.4, 0.5) is 0 Å². The number of ether oxygens (including phenoxy) is 1. The maximum atomic E-state index is 5.67. The molecule has 76 valence electrons. The second-order valence-corrected chi connectivity index (χ2v) is 3.67. The molecule has 0 aliphatic carbocycles. The zero-order chi connectivity index (χ0) is 9.68. The highest BCUT2D eigenvalue weighted by molar-refractivity contribution is 5.52. The van der Waals surface area contributed by atoms with Crippen molar-refractivity contribution < 1.29 is 4.74 Å². The molecule has 1 fully saturated rings.